The van der Waals surface area contributed by atoms with E-state index < -0.39 is 12.0 Å². The standard InChI is InChI=1S/C15H19NO4S/c1-11(17)12-4-2-3-5-14(12)20-8-6-16-7-9-21-10-13(16)15(18)19/h2-5,13H,6-10H2,1H3,(H,18,19). The lowest BCUT2D eigenvalue weighted by Crippen LogP contribution is -2.48. The highest BCUT2D eigenvalue weighted by molar-refractivity contribution is 7.99. The maximum absolute atomic E-state index is 11.5. The highest BCUT2D eigenvalue weighted by Crippen LogP contribution is 2.19. The normalized spacial score (nSPS) is 19.2. The molecule has 0 aliphatic carbocycles. The fourth-order valence-electron chi connectivity index (χ4n) is 2.29. The molecular formula is C15H19NO4S. The SMILES string of the molecule is CC(=O)c1ccccc1OCCN1CCSCC1C(=O)O. The minimum absolute atomic E-state index is 0.0385. The molecule has 1 aliphatic heterocycles. The maximum atomic E-state index is 11.5. The monoisotopic (exact) mass is 309 g/mol. The third-order valence-electron chi connectivity index (χ3n) is 3.43. The molecule has 1 fully saturated rings. The zero-order chi connectivity index (χ0) is 15.2. The minimum atomic E-state index is -0.786. The number of carboxylic acids is 1. The number of ether oxygens (including phenoxy) is 1. The number of para-hydroxylation sites is 1. The molecule has 0 bridgehead atoms. The average molecular weight is 309 g/mol. The van der Waals surface area contributed by atoms with Crippen LogP contribution in [0.3, 0.4) is 0 Å². The molecule has 1 atom stereocenters. The van der Waals surface area contributed by atoms with Gasteiger partial charge in [0.25, 0.3) is 0 Å². The molecule has 2 rings (SSSR count). The summed E-state index contributed by atoms with van der Waals surface area (Å²) in [7, 11) is 0. The van der Waals surface area contributed by atoms with Crippen LogP contribution in [0.25, 0.3) is 0 Å². The van der Waals surface area contributed by atoms with Crippen molar-refractivity contribution < 1.29 is 19.4 Å². The van der Waals surface area contributed by atoms with Gasteiger partial charge in [-0.15, -0.1) is 0 Å². The Kier molecular flexibility index (Phi) is 5.64. The van der Waals surface area contributed by atoms with Crippen LogP contribution in [0, 0.1) is 0 Å². The number of carbonyl (C=O) groups is 2. The molecule has 0 amide bonds. The van der Waals surface area contributed by atoms with Crippen molar-refractivity contribution in [3.05, 3.63) is 29.8 Å². The predicted octanol–water partition coefficient (Wildman–Crippen LogP) is 1.77. The van der Waals surface area contributed by atoms with Crippen LogP contribution in [-0.4, -0.2) is 59.0 Å². The van der Waals surface area contributed by atoms with Gasteiger partial charge in [0.1, 0.15) is 18.4 Å². The predicted molar refractivity (Wildman–Crippen MR) is 82.3 cm³/mol. The van der Waals surface area contributed by atoms with E-state index in [0.29, 0.717) is 30.2 Å². The van der Waals surface area contributed by atoms with Crippen LogP contribution in [-0.2, 0) is 4.79 Å². The molecule has 1 unspecified atom stereocenters. The van der Waals surface area contributed by atoms with E-state index in [2.05, 4.69) is 0 Å². The van der Waals surface area contributed by atoms with Crippen molar-refractivity contribution in [1.29, 1.82) is 0 Å². The zero-order valence-electron chi connectivity index (χ0n) is 11.9. The van der Waals surface area contributed by atoms with E-state index >= 15 is 0 Å². The van der Waals surface area contributed by atoms with Gasteiger partial charge < -0.3 is 9.84 Å². The highest BCUT2D eigenvalue weighted by Gasteiger charge is 2.28. The molecule has 1 N–H and O–H groups in total. The van der Waals surface area contributed by atoms with E-state index in [-0.39, 0.29) is 5.78 Å². The minimum Gasteiger partial charge on any atom is -0.491 e. The number of aliphatic carboxylic acids is 1. The Balaban J connectivity index is 1.92. The fraction of sp³-hybridized carbons (Fsp3) is 0.467. The Hall–Kier alpha value is -1.53. The molecule has 1 aromatic rings. The van der Waals surface area contributed by atoms with Gasteiger partial charge in [-0.2, -0.15) is 11.8 Å². The number of thioether (sulfide) groups is 1. The molecule has 0 spiro atoms. The smallest absolute Gasteiger partial charge is 0.321 e. The van der Waals surface area contributed by atoms with Gasteiger partial charge in [-0.3, -0.25) is 14.5 Å². The van der Waals surface area contributed by atoms with E-state index in [1.807, 2.05) is 11.0 Å². The van der Waals surface area contributed by atoms with Crippen LogP contribution in [0.2, 0.25) is 0 Å². The molecule has 0 saturated carbocycles. The number of hydrogen-bond donors (Lipinski definition) is 1. The summed E-state index contributed by atoms with van der Waals surface area (Å²) in [6.07, 6.45) is 0. The molecule has 0 aromatic heterocycles. The van der Waals surface area contributed by atoms with Crippen molar-refractivity contribution in [3.8, 4) is 5.75 Å². The quantitative estimate of drug-likeness (QED) is 0.808. The number of hydrogen-bond acceptors (Lipinski definition) is 5. The van der Waals surface area contributed by atoms with Gasteiger partial charge in [-0.25, -0.2) is 0 Å². The number of benzene rings is 1. The Bertz CT molecular complexity index is 520. The van der Waals surface area contributed by atoms with Gasteiger partial charge in [0, 0.05) is 24.6 Å². The van der Waals surface area contributed by atoms with Crippen LogP contribution in [0.1, 0.15) is 17.3 Å². The summed E-state index contributed by atoms with van der Waals surface area (Å²) in [4.78, 5) is 24.6. The van der Waals surface area contributed by atoms with Crippen LogP contribution in [0.5, 0.6) is 5.75 Å². The number of carboxylic acid groups (broad SMARTS) is 1. The topological polar surface area (TPSA) is 66.8 Å². The first-order valence-electron chi connectivity index (χ1n) is 6.87. The number of carbonyl (C=O) groups excluding carboxylic acids is 1. The second-order valence-electron chi connectivity index (χ2n) is 4.87. The third-order valence-corrected chi connectivity index (χ3v) is 4.45. The van der Waals surface area contributed by atoms with E-state index in [4.69, 9.17) is 4.74 Å². The lowest BCUT2D eigenvalue weighted by Gasteiger charge is -2.32. The number of ketones is 1. The third kappa shape index (κ3) is 4.22. The average Bonchev–Trinajstić information content (AvgIpc) is 2.48. The summed E-state index contributed by atoms with van der Waals surface area (Å²) in [5, 5.41) is 9.20. The number of rotatable bonds is 6. The Morgan fingerprint density at radius 2 is 2.19 bits per heavy atom. The van der Waals surface area contributed by atoms with Crippen LogP contribution in [0.15, 0.2) is 24.3 Å². The first-order valence-corrected chi connectivity index (χ1v) is 8.02. The summed E-state index contributed by atoms with van der Waals surface area (Å²) in [6, 6.07) is 6.66. The molecule has 6 heteroatoms. The van der Waals surface area contributed by atoms with E-state index in [9.17, 15) is 14.7 Å². The maximum Gasteiger partial charge on any atom is 0.321 e. The lowest BCUT2D eigenvalue weighted by atomic mass is 10.1. The van der Waals surface area contributed by atoms with Crippen LogP contribution >= 0.6 is 11.8 Å². The second-order valence-corrected chi connectivity index (χ2v) is 6.02. The molecule has 1 heterocycles. The lowest BCUT2D eigenvalue weighted by molar-refractivity contribution is -0.142. The van der Waals surface area contributed by atoms with Crippen molar-refractivity contribution in [2.75, 3.05) is 31.2 Å². The first kappa shape index (κ1) is 15.9. The summed E-state index contributed by atoms with van der Waals surface area (Å²) >= 11 is 1.66. The van der Waals surface area contributed by atoms with Gasteiger partial charge in [-0.1, -0.05) is 12.1 Å². The van der Waals surface area contributed by atoms with Gasteiger partial charge >= 0.3 is 5.97 Å². The van der Waals surface area contributed by atoms with E-state index in [1.165, 1.54) is 6.92 Å². The van der Waals surface area contributed by atoms with Crippen molar-refractivity contribution >= 4 is 23.5 Å². The summed E-state index contributed by atoms with van der Waals surface area (Å²) in [5.41, 5.74) is 0.557. The molecule has 1 saturated heterocycles. The van der Waals surface area contributed by atoms with Gasteiger partial charge in [0.15, 0.2) is 5.78 Å². The second kappa shape index (κ2) is 7.47. The Labute approximate surface area is 128 Å². The first-order chi connectivity index (χ1) is 10.1. The van der Waals surface area contributed by atoms with Crippen LogP contribution in [0.4, 0.5) is 0 Å². The number of Topliss-reactive ketones (excluding diaryl/α,β-unsaturated/α-hetero) is 1. The van der Waals surface area contributed by atoms with Gasteiger partial charge in [0.05, 0.1) is 5.56 Å². The Morgan fingerprint density at radius 3 is 2.90 bits per heavy atom. The summed E-state index contributed by atoms with van der Waals surface area (Å²) < 4.78 is 5.67. The van der Waals surface area contributed by atoms with Gasteiger partial charge in [0.2, 0.25) is 0 Å². The molecule has 1 aliphatic rings. The van der Waals surface area contributed by atoms with Crippen molar-refractivity contribution in [1.82, 2.24) is 4.90 Å². The van der Waals surface area contributed by atoms with Crippen LogP contribution < -0.4 is 4.74 Å². The number of nitrogens with zero attached hydrogens (tertiary/aromatic N) is 1. The summed E-state index contributed by atoms with van der Waals surface area (Å²) in [5.74, 6) is 1.28. The summed E-state index contributed by atoms with van der Waals surface area (Å²) in [6.45, 7) is 3.17. The van der Waals surface area contributed by atoms with Crippen molar-refractivity contribution in [3.63, 3.8) is 0 Å². The van der Waals surface area contributed by atoms with Crippen molar-refractivity contribution in [2.24, 2.45) is 0 Å². The van der Waals surface area contributed by atoms with Gasteiger partial charge in [-0.05, 0) is 19.1 Å². The molecule has 114 valence electrons. The Morgan fingerprint density at radius 1 is 1.43 bits per heavy atom. The zero-order valence-corrected chi connectivity index (χ0v) is 12.8. The molecular weight excluding hydrogens is 290 g/mol. The van der Waals surface area contributed by atoms with Crippen molar-refractivity contribution in [2.45, 2.75) is 13.0 Å². The molecule has 5 nitrogen and oxygen atoms in total. The molecule has 1 aromatic carbocycles. The molecule has 21 heavy (non-hydrogen) atoms. The highest BCUT2D eigenvalue weighted by atomic mass is 32.2. The van der Waals surface area contributed by atoms with E-state index in [1.54, 1.807) is 30.0 Å². The fourth-order valence-corrected chi connectivity index (χ4v) is 3.40. The largest absolute Gasteiger partial charge is 0.491 e. The van der Waals surface area contributed by atoms with E-state index in [0.717, 1.165) is 12.3 Å². The molecule has 0 radical (unpaired) electrons.